The van der Waals surface area contributed by atoms with Crippen LogP contribution in [-0.4, -0.2) is 57.2 Å². The van der Waals surface area contributed by atoms with Crippen LogP contribution >= 0.6 is 21.6 Å². The van der Waals surface area contributed by atoms with Gasteiger partial charge < -0.3 is 14.7 Å². The lowest BCUT2D eigenvalue weighted by Crippen LogP contribution is -2.25. The number of allylic oxidation sites excluding steroid dienone is 3. The molecule has 0 unspecified atom stereocenters. The molecule has 0 bridgehead atoms. The molecule has 0 N–H and O–H groups in total. The topological polar surface area (TPSA) is 13.6 Å². The second kappa shape index (κ2) is 15.4. The number of rotatable bonds is 13. The summed E-state index contributed by atoms with van der Waals surface area (Å²) in [5.41, 5.74) is 7.43. The molecule has 3 aromatic rings. The molecule has 0 fully saturated rings. The predicted octanol–water partition coefficient (Wildman–Crippen LogP) is 7.03. The molecule has 4 rings (SSSR count). The summed E-state index contributed by atoms with van der Waals surface area (Å²) in [4.78, 5) is 6.84. The molecule has 4 nitrogen and oxygen atoms in total. The Morgan fingerprint density at radius 2 is 1.20 bits per heavy atom. The maximum atomic E-state index is 2.34. The minimum Gasteiger partial charge on any atom is -0.377 e. The van der Waals surface area contributed by atoms with Crippen molar-refractivity contribution >= 4 is 51.2 Å². The molecule has 0 spiro atoms. The summed E-state index contributed by atoms with van der Waals surface area (Å²) in [6.45, 7) is 3.03. The molecule has 0 saturated heterocycles. The maximum Gasteiger partial charge on any atom is 0.169 e. The number of hydrogen-bond donors (Lipinski definition) is 0. The number of hydrogen-bond acceptors (Lipinski definition) is 5. The van der Waals surface area contributed by atoms with E-state index in [0.717, 1.165) is 31.1 Å². The second-order valence-corrected chi connectivity index (χ2v) is 12.8. The highest BCUT2D eigenvalue weighted by molar-refractivity contribution is 8.76. The lowest BCUT2D eigenvalue weighted by molar-refractivity contribution is -0.671. The Morgan fingerprint density at radius 3 is 1.68 bits per heavy atom. The number of benzene rings is 2. The van der Waals surface area contributed by atoms with Crippen LogP contribution in [0.15, 0.2) is 103 Å². The normalized spacial score (nSPS) is 13.3. The molecular formula is C34H41N4S2+. The van der Waals surface area contributed by atoms with Crippen LogP contribution < -0.4 is 14.4 Å². The summed E-state index contributed by atoms with van der Waals surface area (Å²) in [6.07, 6.45) is 19.4. The molecule has 1 aliphatic heterocycles. The molecule has 0 saturated carbocycles. The van der Waals surface area contributed by atoms with E-state index in [1.165, 1.54) is 33.6 Å². The van der Waals surface area contributed by atoms with Crippen LogP contribution in [0.2, 0.25) is 0 Å². The molecular weight excluding hydrogens is 529 g/mol. The average molecular weight is 570 g/mol. The van der Waals surface area contributed by atoms with E-state index in [1.54, 1.807) is 0 Å². The molecule has 0 aliphatic carbocycles. The van der Waals surface area contributed by atoms with Crippen LogP contribution in [0.25, 0.3) is 18.2 Å². The van der Waals surface area contributed by atoms with Crippen LogP contribution in [0.3, 0.4) is 0 Å². The summed E-state index contributed by atoms with van der Waals surface area (Å²) >= 11 is 0. The number of aromatic nitrogens is 1. The fourth-order valence-electron chi connectivity index (χ4n) is 4.13. The first kappa shape index (κ1) is 29.6. The highest BCUT2D eigenvalue weighted by Crippen LogP contribution is 2.24. The third kappa shape index (κ3) is 9.68. The van der Waals surface area contributed by atoms with Crippen LogP contribution in [0.5, 0.6) is 0 Å². The van der Waals surface area contributed by atoms with E-state index in [1.807, 2.05) is 33.2 Å². The number of aryl methyl sites for hydroxylation is 1. The first-order valence-electron chi connectivity index (χ1n) is 13.7. The SMILES string of the molecule is CN1C=CC(/C=C/c2ccc(N(C)CCSSCCN(C)c3ccc(/C=C/c4cc[n+](C)cc4)cc3)cc2)=CC1. The third-order valence-electron chi connectivity index (χ3n) is 6.85. The Morgan fingerprint density at radius 1 is 0.725 bits per heavy atom. The average Bonchev–Trinajstić information content (AvgIpc) is 2.98. The van der Waals surface area contributed by atoms with E-state index in [9.17, 15) is 0 Å². The molecule has 1 aromatic heterocycles. The lowest BCUT2D eigenvalue weighted by atomic mass is 10.1. The molecule has 2 heterocycles. The Balaban J connectivity index is 1.11. The predicted molar refractivity (Wildman–Crippen MR) is 180 cm³/mol. The minimum absolute atomic E-state index is 0.966. The molecule has 0 radical (unpaired) electrons. The van der Waals surface area contributed by atoms with Crippen LogP contribution in [0.4, 0.5) is 11.4 Å². The standard InChI is InChI=1S/C34H41N4S2/c1-35-21-17-31(18-22-35)7-5-29-9-13-33(14-10-29)37(3)25-27-39-40-28-26-38(4)34-15-11-30(12-16-34)6-8-32-19-23-36(2)24-20-32/h5-23H,24-28H2,1-4H3/q+1/b8-6+. The van der Waals surface area contributed by atoms with Gasteiger partial charge in [0.1, 0.15) is 7.05 Å². The van der Waals surface area contributed by atoms with Gasteiger partial charge in [0.25, 0.3) is 0 Å². The Bertz CT molecular complexity index is 1310. The number of nitrogens with zero attached hydrogens (tertiary/aromatic N) is 4. The van der Waals surface area contributed by atoms with Gasteiger partial charge in [-0.3, -0.25) is 0 Å². The van der Waals surface area contributed by atoms with Crippen LogP contribution in [-0.2, 0) is 7.05 Å². The molecule has 208 valence electrons. The summed E-state index contributed by atoms with van der Waals surface area (Å²) in [5.74, 6) is 2.20. The lowest BCUT2D eigenvalue weighted by Gasteiger charge is -2.20. The van der Waals surface area contributed by atoms with Gasteiger partial charge in [0.15, 0.2) is 12.4 Å². The van der Waals surface area contributed by atoms with E-state index in [-0.39, 0.29) is 0 Å². The van der Waals surface area contributed by atoms with Gasteiger partial charge in [-0.1, -0.05) is 76.2 Å². The van der Waals surface area contributed by atoms with Crippen molar-refractivity contribution in [2.75, 3.05) is 62.1 Å². The van der Waals surface area contributed by atoms with Crippen molar-refractivity contribution < 1.29 is 4.57 Å². The van der Waals surface area contributed by atoms with Crippen LogP contribution in [0.1, 0.15) is 16.7 Å². The summed E-state index contributed by atoms with van der Waals surface area (Å²) in [5, 5.41) is 0. The molecule has 0 atom stereocenters. The summed E-state index contributed by atoms with van der Waals surface area (Å²) < 4.78 is 2.05. The summed E-state index contributed by atoms with van der Waals surface area (Å²) in [7, 11) is 12.4. The molecule has 40 heavy (non-hydrogen) atoms. The van der Waals surface area contributed by atoms with Crippen molar-refractivity contribution in [3.8, 4) is 0 Å². The molecule has 2 aromatic carbocycles. The maximum absolute atomic E-state index is 2.34. The van der Waals surface area contributed by atoms with Crippen molar-refractivity contribution in [2.24, 2.45) is 7.05 Å². The minimum atomic E-state index is 0.966. The van der Waals surface area contributed by atoms with E-state index < -0.39 is 0 Å². The van der Waals surface area contributed by atoms with Crippen molar-refractivity contribution in [2.45, 2.75) is 0 Å². The van der Waals surface area contributed by atoms with Gasteiger partial charge in [0.05, 0.1) is 0 Å². The number of likely N-dealkylation sites (N-methyl/N-ethyl adjacent to an activating group) is 1. The van der Waals surface area contributed by atoms with Gasteiger partial charge in [-0.15, -0.1) is 0 Å². The zero-order valence-electron chi connectivity index (χ0n) is 24.1. The summed E-state index contributed by atoms with van der Waals surface area (Å²) in [6, 6.07) is 21.9. The second-order valence-electron chi connectivity index (χ2n) is 10.1. The third-order valence-corrected chi connectivity index (χ3v) is 9.21. The molecule has 6 heteroatoms. The highest BCUT2D eigenvalue weighted by atomic mass is 33.1. The van der Waals surface area contributed by atoms with E-state index in [2.05, 4.69) is 152 Å². The van der Waals surface area contributed by atoms with Crippen molar-refractivity contribution in [1.29, 1.82) is 0 Å². The van der Waals surface area contributed by atoms with E-state index in [4.69, 9.17) is 0 Å². The van der Waals surface area contributed by atoms with Crippen molar-refractivity contribution in [1.82, 2.24) is 4.90 Å². The van der Waals surface area contributed by atoms with Crippen LogP contribution in [0, 0.1) is 0 Å². The van der Waals surface area contributed by atoms with E-state index >= 15 is 0 Å². The monoisotopic (exact) mass is 569 g/mol. The first-order valence-corrected chi connectivity index (χ1v) is 16.2. The Labute approximate surface area is 248 Å². The largest absolute Gasteiger partial charge is 0.377 e. The van der Waals surface area contributed by atoms with Crippen molar-refractivity contribution in [3.05, 3.63) is 120 Å². The zero-order valence-corrected chi connectivity index (χ0v) is 25.7. The van der Waals surface area contributed by atoms with Gasteiger partial charge in [-0.25, -0.2) is 4.57 Å². The zero-order chi connectivity index (χ0) is 28.2. The fraction of sp³-hybridized carbons (Fsp3) is 0.265. The van der Waals surface area contributed by atoms with Gasteiger partial charge in [0.2, 0.25) is 0 Å². The van der Waals surface area contributed by atoms with Gasteiger partial charge in [-0.2, -0.15) is 0 Å². The quantitative estimate of drug-likeness (QED) is 0.124. The fourth-order valence-corrected chi connectivity index (χ4v) is 6.21. The smallest absolute Gasteiger partial charge is 0.169 e. The Kier molecular flexibility index (Phi) is 11.4. The van der Waals surface area contributed by atoms with Crippen molar-refractivity contribution in [3.63, 3.8) is 0 Å². The Hall–Kier alpha value is -3.35. The van der Waals surface area contributed by atoms with Gasteiger partial charge in [-0.05, 0) is 58.8 Å². The van der Waals surface area contributed by atoms with Gasteiger partial charge >= 0.3 is 0 Å². The number of anilines is 2. The molecule has 0 amide bonds. The highest BCUT2D eigenvalue weighted by Gasteiger charge is 2.04. The van der Waals surface area contributed by atoms with E-state index in [0.29, 0.717) is 0 Å². The first-order chi connectivity index (χ1) is 19.5. The van der Waals surface area contributed by atoms with Gasteiger partial charge in [0, 0.05) is 75.8 Å². The number of pyridine rings is 1. The molecule has 1 aliphatic rings.